The fourth-order valence-electron chi connectivity index (χ4n) is 8.07. The van der Waals surface area contributed by atoms with Crippen LogP contribution in [-0.2, 0) is 15.9 Å². The molecule has 5 aliphatic rings. The number of ether oxygens (including phenoxy) is 1. The molecule has 30 heavy (non-hydrogen) atoms. The highest BCUT2D eigenvalue weighted by Gasteiger charge is 2.77. The van der Waals surface area contributed by atoms with Gasteiger partial charge in [-0.25, -0.2) is 0 Å². The van der Waals surface area contributed by atoms with Crippen LogP contribution in [0.1, 0.15) is 60.8 Å². The normalized spacial score (nSPS) is 38.1. The van der Waals surface area contributed by atoms with Crippen molar-refractivity contribution in [1.82, 2.24) is 0 Å². The van der Waals surface area contributed by atoms with E-state index in [1.807, 2.05) is 0 Å². The van der Waals surface area contributed by atoms with Gasteiger partial charge in [0.1, 0.15) is 11.2 Å². The Bertz CT molecular complexity index is 1090. The molecular weight excluding hydrogens is 364 g/mol. The monoisotopic (exact) mass is 392 g/mol. The molecule has 1 spiro atoms. The van der Waals surface area contributed by atoms with Gasteiger partial charge in [0.2, 0.25) is 0 Å². The van der Waals surface area contributed by atoms with Gasteiger partial charge in [-0.2, -0.15) is 0 Å². The van der Waals surface area contributed by atoms with Gasteiger partial charge in [0.15, 0.2) is 0 Å². The molecule has 3 aromatic rings. The molecule has 2 aliphatic heterocycles. The van der Waals surface area contributed by atoms with E-state index in [0.29, 0.717) is 5.92 Å². The summed E-state index contributed by atoms with van der Waals surface area (Å²) in [5.41, 5.74) is 5.08. The number of fused-ring (bicyclic) bond motifs is 8. The summed E-state index contributed by atoms with van der Waals surface area (Å²) in [5, 5.41) is 0. The van der Waals surface area contributed by atoms with Gasteiger partial charge in [-0.05, 0) is 60.3 Å². The van der Waals surface area contributed by atoms with Crippen LogP contribution < -0.4 is 0 Å². The largest absolute Gasteiger partial charge is 0.349 e. The molecule has 0 unspecified atom stereocenters. The first kappa shape index (κ1) is 17.3. The molecule has 0 amide bonds. The third-order valence-corrected chi connectivity index (χ3v) is 9.12. The van der Waals surface area contributed by atoms with Gasteiger partial charge in [0, 0.05) is 11.3 Å². The van der Waals surface area contributed by atoms with E-state index >= 15 is 0 Å². The van der Waals surface area contributed by atoms with Crippen molar-refractivity contribution >= 4 is 0 Å². The molecule has 1 saturated heterocycles. The maximum atomic E-state index is 7.61. The molecule has 3 aromatic carbocycles. The first-order valence-corrected chi connectivity index (χ1v) is 11.7. The van der Waals surface area contributed by atoms with Crippen molar-refractivity contribution in [2.45, 2.75) is 49.7 Å². The second-order valence-corrected chi connectivity index (χ2v) is 10.0. The highest BCUT2D eigenvalue weighted by molar-refractivity contribution is 5.59. The molecule has 2 heterocycles. The summed E-state index contributed by atoms with van der Waals surface area (Å²) in [5.74, 6) is 1.44. The van der Waals surface area contributed by atoms with Crippen LogP contribution in [0, 0.1) is 17.3 Å². The van der Waals surface area contributed by atoms with Crippen molar-refractivity contribution in [3.8, 4) is 0 Å². The molecule has 8 rings (SSSR count). The van der Waals surface area contributed by atoms with E-state index in [0.717, 1.165) is 5.92 Å². The maximum absolute atomic E-state index is 7.61. The zero-order valence-electron chi connectivity index (χ0n) is 17.4. The number of hydrogen-bond donors (Lipinski definition) is 0. The summed E-state index contributed by atoms with van der Waals surface area (Å²) in [6.07, 6.45) is 7.95. The van der Waals surface area contributed by atoms with Crippen LogP contribution in [0.4, 0.5) is 0 Å². The lowest BCUT2D eigenvalue weighted by atomic mass is 9.48. The van der Waals surface area contributed by atoms with Crippen molar-refractivity contribution < 1.29 is 4.74 Å². The molecule has 3 aliphatic carbocycles. The standard InChI is InChI=1S/C29H28O/c1-3-9-22(10-4-1)28-24-13-7-8-14-25(24)29(30-28,23-11-5-2-6-12-23)27-19-17-21(18-20-27)15-16-26(27)28/h1-14,21,26H,15-20H2/t21?,26-,27?,28-,29+/m0/s1. The van der Waals surface area contributed by atoms with Crippen LogP contribution in [0.15, 0.2) is 84.9 Å². The molecule has 1 heteroatoms. The van der Waals surface area contributed by atoms with Crippen LogP contribution in [0.2, 0.25) is 0 Å². The maximum Gasteiger partial charge on any atom is 0.126 e. The Morgan fingerprint density at radius 1 is 0.600 bits per heavy atom. The Morgan fingerprint density at radius 3 is 1.90 bits per heavy atom. The van der Waals surface area contributed by atoms with Gasteiger partial charge in [-0.15, -0.1) is 0 Å². The lowest BCUT2D eigenvalue weighted by Crippen LogP contribution is -2.50. The zero-order chi connectivity index (χ0) is 19.8. The second-order valence-electron chi connectivity index (χ2n) is 10.0. The minimum Gasteiger partial charge on any atom is -0.349 e. The molecular formula is C29H28O. The van der Waals surface area contributed by atoms with E-state index in [2.05, 4.69) is 84.9 Å². The van der Waals surface area contributed by atoms with Crippen LogP contribution in [-0.4, -0.2) is 0 Å². The molecule has 0 radical (unpaired) electrons. The van der Waals surface area contributed by atoms with E-state index in [-0.39, 0.29) is 16.6 Å². The van der Waals surface area contributed by atoms with Crippen molar-refractivity contribution in [1.29, 1.82) is 0 Å². The Kier molecular flexibility index (Phi) is 3.38. The smallest absolute Gasteiger partial charge is 0.126 e. The van der Waals surface area contributed by atoms with E-state index < -0.39 is 0 Å². The first-order valence-electron chi connectivity index (χ1n) is 11.7. The summed E-state index contributed by atoms with van der Waals surface area (Å²) >= 11 is 0. The molecule has 0 aromatic heterocycles. The fraction of sp³-hybridized carbons (Fsp3) is 0.379. The van der Waals surface area contributed by atoms with Gasteiger partial charge in [-0.3, -0.25) is 0 Å². The summed E-state index contributed by atoms with van der Waals surface area (Å²) in [4.78, 5) is 0. The van der Waals surface area contributed by atoms with Crippen LogP contribution in [0.5, 0.6) is 0 Å². The van der Waals surface area contributed by atoms with E-state index in [1.54, 1.807) is 0 Å². The Hall–Kier alpha value is -2.38. The van der Waals surface area contributed by atoms with Crippen LogP contribution in [0.25, 0.3) is 0 Å². The highest BCUT2D eigenvalue weighted by Crippen LogP contribution is 2.78. The van der Waals surface area contributed by atoms with Gasteiger partial charge in [0.25, 0.3) is 0 Å². The topological polar surface area (TPSA) is 9.23 Å². The quantitative estimate of drug-likeness (QED) is 0.466. The molecule has 0 N–H and O–H groups in total. The Labute approximate surface area is 179 Å². The predicted octanol–water partition coefficient (Wildman–Crippen LogP) is 6.80. The number of benzene rings is 3. The van der Waals surface area contributed by atoms with Crippen LogP contribution >= 0.6 is 0 Å². The number of hydrogen-bond acceptors (Lipinski definition) is 1. The van der Waals surface area contributed by atoms with Crippen molar-refractivity contribution in [3.05, 3.63) is 107 Å². The number of rotatable bonds is 2. The van der Waals surface area contributed by atoms with Gasteiger partial charge in [0.05, 0.1) is 0 Å². The third kappa shape index (κ3) is 1.81. The molecule has 4 bridgehead atoms. The SMILES string of the molecule is c1ccc([C@]23O[C@](c4ccccc4)(c4ccccc42)C24CCC(CC[C@@H]23)CC4)cc1. The summed E-state index contributed by atoms with van der Waals surface area (Å²) in [6.45, 7) is 0. The van der Waals surface area contributed by atoms with E-state index in [1.165, 1.54) is 60.8 Å². The summed E-state index contributed by atoms with van der Waals surface area (Å²) < 4.78 is 7.61. The minimum atomic E-state index is -0.333. The van der Waals surface area contributed by atoms with Crippen molar-refractivity contribution in [2.24, 2.45) is 17.3 Å². The van der Waals surface area contributed by atoms with Gasteiger partial charge in [-0.1, -0.05) is 91.3 Å². The summed E-state index contributed by atoms with van der Waals surface area (Å²) in [6, 6.07) is 31.5. The zero-order valence-corrected chi connectivity index (χ0v) is 17.4. The fourth-order valence-corrected chi connectivity index (χ4v) is 8.07. The van der Waals surface area contributed by atoms with E-state index in [4.69, 9.17) is 4.74 Å². The molecule has 150 valence electrons. The minimum absolute atomic E-state index is 0.186. The highest BCUT2D eigenvalue weighted by atomic mass is 16.5. The molecule has 3 saturated carbocycles. The van der Waals surface area contributed by atoms with Crippen molar-refractivity contribution in [2.75, 3.05) is 0 Å². The molecule has 1 nitrogen and oxygen atoms in total. The summed E-state index contributed by atoms with van der Waals surface area (Å²) in [7, 11) is 0. The average Bonchev–Trinajstić information content (AvgIpc) is 3.07. The average molecular weight is 393 g/mol. The molecule has 3 atom stereocenters. The Morgan fingerprint density at radius 2 is 1.20 bits per heavy atom. The van der Waals surface area contributed by atoms with Crippen LogP contribution in [0.3, 0.4) is 0 Å². The van der Waals surface area contributed by atoms with Gasteiger partial charge >= 0.3 is 0 Å². The molecule has 4 fully saturated rings. The van der Waals surface area contributed by atoms with Gasteiger partial charge < -0.3 is 4.74 Å². The van der Waals surface area contributed by atoms with E-state index in [9.17, 15) is 0 Å². The lowest BCUT2D eigenvalue weighted by Gasteiger charge is -2.52. The lowest BCUT2D eigenvalue weighted by molar-refractivity contribution is -0.0847. The first-order chi connectivity index (χ1) is 14.8. The third-order valence-electron chi connectivity index (χ3n) is 9.12. The Balaban J connectivity index is 1.61. The predicted molar refractivity (Wildman–Crippen MR) is 119 cm³/mol. The second kappa shape index (κ2) is 5.86. The van der Waals surface area contributed by atoms with Crippen molar-refractivity contribution in [3.63, 3.8) is 0 Å².